The van der Waals surface area contributed by atoms with Crippen LogP contribution in [0.2, 0.25) is 0 Å². The Balaban J connectivity index is 2.12. The number of nitrogens with one attached hydrogen (secondary N) is 1. The lowest BCUT2D eigenvalue weighted by Crippen LogP contribution is -2.47. The smallest absolute Gasteiger partial charge is 0.408 e. The standard InChI is InChI=1S/C16H26N4O6/c1-16(2,3)26-15(21)18-10-9-25-13(7-6-12(10)24-5)14-11(20(22)23)8-17-19(14)4/h8,10,12-13H,6-7,9H2,1-5H3,(H,18,21). The molecule has 3 atom stereocenters. The van der Waals surface area contributed by atoms with Crippen LogP contribution in [0.1, 0.15) is 45.4 Å². The fraction of sp³-hybridized carbons (Fsp3) is 0.750. The SMILES string of the molecule is COC1CCC(c2c([N+](=O)[O-])cnn2C)OCC1NC(=O)OC(C)(C)C. The number of nitrogens with zero attached hydrogens (tertiary/aromatic N) is 3. The highest BCUT2D eigenvalue weighted by atomic mass is 16.6. The first-order valence-corrected chi connectivity index (χ1v) is 8.42. The largest absolute Gasteiger partial charge is 0.444 e. The normalized spacial score (nSPS) is 24.0. The highest BCUT2D eigenvalue weighted by molar-refractivity contribution is 5.68. The number of alkyl carbamates (subject to hydrolysis) is 1. The van der Waals surface area contributed by atoms with E-state index in [0.717, 1.165) is 0 Å². The molecule has 1 aliphatic heterocycles. The molecule has 146 valence electrons. The van der Waals surface area contributed by atoms with E-state index in [4.69, 9.17) is 14.2 Å². The van der Waals surface area contributed by atoms with Gasteiger partial charge < -0.3 is 19.5 Å². The molecule has 10 nitrogen and oxygen atoms in total. The molecule has 1 saturated heterocycles. The summed E-state index contributed by atoms with van der Waals surface area (Å²) >= 11 is 0. The van der Waals surface area contributed by atoms with Gasteiger partial charge in [-0.3, -0.25) is 14.8 Å². The van der Waals surface area contributed by atoms with Crippen LogP contribution in [0.5, 0.6) is 0 Å². The second-order valence-corrected chi connectivity index (χ2v) is 7.22. The van der Waals surface area contributed by atoms with Crippen LogP contribution in [0.15, 0.2) is 6.20 Å². The Morgan fingerprint density at radius 1 is 1.46 bits per heavy atom. The third-order valence-corrected chi connectivity index (χ3v) is 4.11. The van der Waals surface area contributed by atoms with Crippen molar-refractivity contribution in [2.45, 2.75) is 57.5 Å². The molecule has 0 bridgehead atoms. The Hall–Kier alpha value is -2.20. The first-order chi connectivity index (χ1) is 12.1. The number of aryl methyl sites for hydroxylation is 1. The number of hydrogen-bond donors (Lipinski definition) is 1. The van der Waals surface area contributed by atoms with E-state index in [1.54, 1.807) is 34.9 Å². The number of methoxy groups -OCH3 is 1. The zero-order valence-corrected chi connectivity index (χ0v) is 15.7. The molecule has 1 aromatic rings. The molecule has 0 aliphatic carbocycles. The van der Waals surface area contributed by atoms with Gasteiger partial charge in [-0.05, 0) is 33.6 Å². The van der Waals surface area contributed by atoms with Gasteiger partial charge in [0.25, 0.3) is 0 Å². The number of aromatic nitrogens is 2. The topological polar surface area (TPSA) is 118 Å². The number of nitro groups is 1. The van der Waals surface area contributed by atoms with Gasteiger partial charge in [0.1, 0.15) is 23.6 Å². The van der Waals surface area contributed by atoms with Crippen molar-refractivity contribution in [3.05, 3.63) is 22.0 Å². The number of rotatable bonds is 4. The number of carbonyl (C=O) groups excluding carboxylic acids is 1. The molecule has 2 heterocycles. The predicted octanol–water partition coefficient (Wildman–Crippen LogP) is 2.09. The number of hydrogen-bond acceptors (Lipinski definition) is 7. The van der Waals surface area contributed by atoms with Crippen molar-refractivity contribution in [2.24, 2.45) is 7.05 Å². The van der Waals surface area contributed by atoms with Crippen LogP contribution in [0.4, 0.5) is 10.5 Å². The van der Waals surface area contributed by atoms with Crippen molar-refractivity contribution in [3.63, 3.8) is 0 Å². The first-order valence-electron chi connectivity index (χ1n) is 8.42. The van der Waals surface area contributed by atoms with Gasteiger partial charge in [-0.1, -0.05) is 0 Å². The predicted molar refractivity (Wildman–Crippen MR) is 91.7 cm³/mol. The van der Waals surface area contributed by atoms with Crippen molar-refractivity contribution in [1.29, 1.82) is 0 Å². The average Bonchev–Trinajstić information content (AvgIpc) is 2.79. The van der Waals surface area contributed by atoms with Gasteiger partial charge in [0.05, 0.1) is 23.7 Å². The molecule has 0 saturated carbocycles. The monoisotopic (exact) mass is 370 g/mol. The van der Waals surface area contributed by atoms with E-state index in [2.05, 4.69) is 10.4 Å². The quantitative estimate of drug-likeness (QED) is 0.637. The summed E-state index contributed by atoms with van der Waals surface area (Å²) < 4.78 is 18.1. The minimum absolute atomic E-state index is 0.0787. The van der Waals surface area contributed by atoms with Crippen molar-refractivity contribution in [3.8, 4) is 0 Å². The Bertz CT molecular complexity index is 654. The van der Waals surface area contributed by atoms with Crippen LogP contribution in [-0.4, -0.2) is 52.3 Å². The molecule has 0 radical (unpaired) electrons. The van der Waals surface area contributed by atoms with Gasteiger partial charge in [-0.15, -0.1) is 0 Å². The number of amides is 1. The second kappa shape index (κ2) is 8.00. The molecule has 26 heavy (non-hydrogen) atoms. The molecule has 2 rings (SSSR count). The van der Waals surface area contributed by atoms with E-state index >= 15 is 0 Å². The third kappa shape index (κ3) is 4.92. The molecule has 1 fully saturated rings. The average molecular weight is 370 g/mol. The molecule has 1 aliphatic rings. The minimum Gasteiger partial charge on any atom is -0.444 e. The van der Waals surface area contributed by atoms with Crippen LogP contribution < -0.4 is 5.32 Å². The summed E-state index contributed by atoms with van der Waals surface area (Å²) in [6, 6.07) is -0.424. The summed E-state index contributed by atoms with van der Waals surface area (Å²) in [4.78, 5) is 22.8. The lowest BCUT2D eigenvalue weighted by Gasteiger charge is -2.26. The first kappa shape index (κ1) is 20.1. The highest BCUT2D eigenvalue weighted by Crippen LogP contribution is 2.33. The van der Waals surface area contributed by atoms with Crippen molar-refractivity contribution < 1.29 is 23.9 Å². The minimum atomic E-state index is -0.615. The maximum atomic E-state index is 12.1. The van der Waals surface area contributed by atoms with Crippen LogP contribution in [0.3, 0.4) is 0 Å². The summed E-state index contributed by atoms with van der Waals surface area (Å²) in [5, 5.41) is 18.0. The third-order valence-electron chi connectivity index (χ3n) is 4.11. The molecular weight excluding hydrogens is 344 g/mol. The van der Waals surface area contributed by atoms with Crippen LogP contribution in [0, 0.1) is 10.1 Å². The summed E-state index contributed by atoms with van der Waals surface area (Å²) in [6.07, 6.45) is 0.923. The zero-order chi connectivity index (χ0) is 19.5. The van der Waals surface area contributed by atoms with E-state index in [1.807, 2.05) is 0 Å². The molecule has 0 spiro atoms. The Labute approximate surface area is 151 Å². The van der Waals surface area contributed by atoms with Crippen LogP contribution in [0.25, 0.3) is 0 Å². The molecule has 3 unspecified atom stereocenters. The van der Waals surface area contributed by atoms with Gasteiger partial charge in [-0.2, -0.15) is 5.10 Å². The second-order valence-electron chi connectivity index (χ2n) is 7.22. The fourth-order valence-electron chi connectivity index (χ4n) is 2.97. The van der Waals surface area contributed by atoms with E-state index in [9.17, 15) is 14.9 Å². The number of ether oxygens (including phenoxy) is 3. The van der Waals surface area contributed by atoms with Gasteiger partial charge in [0.15, 0.2) is 0 Å². The van der Waals surface area contributed by atoms with Crippen molar-refractivity contribution in [1.82, 2.24) is 15.1 Å². The highest BCUT2D eigenvalue weighted by Gasteiger charge is 2.35. The Morgan fingerprint density at radius 3 is 2.73 bits per heavy atom. The van der Waals surface area contributed by atoms with Gasteiger partial charge in [0, 0.05) is 14.2 Å². The molecule has 0 aromatic carbocycles. The Kier molecular flexibility index (Phi) is 6.19. The summed E-state index contributed by atoms with van der Waals surface area (Å²) in [5.74, 6) is 0. The summed E-state index contributed by atoms with van der Waals surface area (Å²) in [5.41, 5.74) is -0.288. The maximum Gasteiger partial charge on any atom is 0.408 e. The van der Waals surface area contributed by atoms with E-state index in [0.29, 0.717) is 18.5 Å². The lowest BCUT2D eigenvalue weighted by atomic mass is 10.0. The number of carbonyl (C=O) groups is 1. The van der Waals surface area contributed by atoms with Crippen molar-refractivity contribution in [2.75, 3.05) is 13.7 Å². The molecule has 1 aromatic heterocycles. The molecule has 1 amide bonds. The maximum absolute atomic E-state index is 12.1. The molecular formula is C16H26N4O6. The molecule has 10 heteroatoms. The van der Waals surface area contributed by atoms with E-state index < -0.39 is 28.8 Å². The summed E-state index contributed by atoms with van der Waals surface area (Å²) in [7, 11) is 3.20. The Morgan fingerprint density at radius 2 is 2.15 bits per heavy atom. The van der Waals surface area contributed by atoms with Gasteiger partial charge >= 0.3 is 11.8 Å². The van der Waals surface area contributed by atoms with E-state index in [1.165, 1.54) is 10.9 Å². The van der Waals surface area contributed by atoms with Gasteiger partial charge in [-0.25, -0.2) is 4.79 Å². The van der Waals surface area contributed by atoms with Crippen LogP contribution in [-0.2, 0) is 21.3 Å². The molecule has 1 N–H and O–H groups in total. The van der Waals surface area contributed by atoms with E-state index in [-0.39, 0.29) is 18.4 Å². The fourth-order valence-corrected chi connectivity index (χ4v) is 2.97. The van der Waals surface area contributed by atoms with Gasteiger partial charge in [0.2, 0.25) is 0 Å². The summed E-state index contributed by atoms with van der Waals surface area (Å²) in [6.45, 7) is 5.48. The zero-order valence-electron chi connectivity index (χ0n) is 15.7. The van der Waals surface area contributed by atoms with Crippen LogP contribution >= 0.6 is 0 Å². The lowest BCUT2D eigenvalue weighted by molar-refractivity contribution is -0.386. The van der Waals surface area contributed by atoms with Crippen molar-refractivity contribution >= 4 is 11.8 Å².